The van der Waals surface area contributed by atoms with Crippen LogP contribution in [-0.2, 0) is 0 Å². The van der Waals surface area contributed by atoms with E-state index >= 15 is 0 Å². The topological polar surface area (TPSA) is 76.9 Å². The van der Waals surface area contributed by atoms with Crippen molar-refractivity contribution in [1.82, 2.24) is 24.9 Å². The summed E-state index contributed by atoms with van der Waals surface area (Å²) in [6.45, 7) is 0. The fourth-order valence-electron chi connectivity index (χ4n) is 6.12. The second-order valence-corrected chi connectivity index (χ2v) is 11.8. The number of para-hydroxylation sites is 4. The van der Waals surface area contributed by atoms with Gasteiger partial charge < -0.3 is 9.64 Å². The van der Waals surface area contributed by atoms with Crippen LogP contribution in [0, 0.1) is 0 Å². The number of hydrogen-bond acceptors (Lipinski definition) is 7. The van der Waals surface area contributed by atoms with Crippen molar-refractivity contribution in [2.45, 2.75) is 0 Å². The number of anilines is 3. The van der Waals surface area contributed by atoms with E-state index in [1.165, 1.54) is 0 Å². The third kappa shape index (κ3) is 5.52. The fraction of sp³-hybridized carbons (Fsp3) is 0. The molecular weight excluding hydrogens is 617 g/mol. The van der Waals surface area contributed by atoms with E-state index in [-0.39, 0.29) is 0 Å². The monoisotopic (exact) mass is 644 g/mol. The number of ether oxygens (including phenoxy) is 1. The van der Waals surface area contributed by atoms with Crippen molar-refractivity contribution in [2.75, 3.05) is 4.90 Å². The Bertz CT molecular complexity index is 2350. The maximum absolute atomic E-state index is 6.23. The zero-order valence-electron chi connectivity index (χ0n) is 26.8. The van der Waals surface area contributed by atoms with Crippen LogP contribution in [0.25, 0.3) is 56.9 Å². The maximum Gasteiger partial charge on any atom is 0.201 e. The largest absolute Gasteiger partial charge is 0.453 e. The Labute approximate surface area is 289 Å². The van der Waals surface area contributed by atoms with Crippen LogP contribution in [0.15, 0.2) is 170 Å². The molecule has 8 aromatic rings. The average molecular weight is 645 g/mol. The quantitative estimate of drug-likeness (QED) is 0.178. The van der Waals surface area contributed by atoms with Crippen LogP contribution in [0.2, 0.25) is 0 Å². The highest BCUT2D eigenvalue weighted by Crippen LogP contribution is 2.50. The van der Waals surface area contributed by atoms with Crippen LogP contribution >= 0.6 is 0 Å². The molecule has 0 bridgehead atoms. The Kier molecular flexibility index (Phi) is 7.33. The van der Waals surface area contributed by atoms with E-state index in [4.69, 9.17) is 29.7 Å². The summed E-state index contributed by atoms with van der Waals surface area (Å²) in [5, 5.41) is 0. The molecule has 0 amide bonds. The lowest BCUT2D eigenvalue weighted by Gasteiger charge is -2.32. The summed E-state index contributed by atoms with van der Waals surface area (Å²) in [6.07, 6.45) is 0. The fourth-order valence-corrected chi connectivity index (χ4v) is 6.12. The molecule has 3 heterocycles. The molecule has 0 fully saturated rings. The van der Waals surface area contributed by atoms with Gasteiger partial charge >= 0.3 is 0 Å². The lowest BCUT2D eigenvalue weighted by atomic mass is 10.1. The molecule has 0 spiro atoms. The van der Waals surface area contributed by atoms with Gasteiger partial charge in [0.15, 0.2) is 29.0 Å². The summed E-state index contributed by atoms with van der Waals surface area (Å²) in [6, 6.07) is 56.5. The van der Waals surface area contributed by atoms with Crippen molar-refractivity contribution in [3.05, 3.63) is 170 Å². The Morgan fingerprint density at radius 1 is 0.340 bits per heavy atom. The van der Waals surface area contributed by atoms with Crippen molar-refractivity contribution in [3.8, 4) is 68.4 Å². The van der Waals surface area contributed by atoms with Crippen LogP contribution in [-0.4, -0.2) is 24.9 Å². The molecular formula is C43H28N6O. The number of fused-ring (bicyclic) bond motifs is 2. The molecule has 7 nitrogen and oxygen atoms in total. The van der Waals surface area contributed by atoms with Crippen LogP contribution in [0.5, 0.6) is 11.5 Å². The van der Waals surface area contributed by atoms with Gasteiger partial charge in [0, 0.05) is 27.9 Å². The molecule has 0 saturated heterocycles. The van der Waals surface area contributed by atoms with Crippen LogP contribution in [0.1, 0.15) is 0 Å². The van der Waals surface area contributed by atoms with Crippen LogP contribution < -0.4 is 9.64 Å². The summed E-state index contributed by atoms with van der Waals surface area (Å²) in [7, 11) is 0. The number of benzene rings is 6. The van der Waals surface area contributed by atoms with E-state index in [2.05, 4.69) is 29.2 Å². The Morgan fingerprint density at radius 3 is 1.26 bits per heavy atom. The zero-order chi connectivity index (χ0) is 33.3. The highest BCUT2D eigenvalue weighted by Gasteiger charge is 2.25. The van der Waals surface area contributed by atoms with Crippen molar-refractivity contribution in [2.24, 2.45) is 0 Å². The van der Waals surface area contributed by atoms with E-state index in [1.807, 2.05) is 146 Å². The van der Waals surface area contributed by atoms with E-state index in [1.54, 1.807) is 0 Å². The zero-order valence-corrected chi connectivity index (χ0v) is 26.8. The molecule has 236 valence electrons. The highest BCUT2D eigenvalue weighted by molar-refractivity contribution is 5.86. The summed E-state index contributed by atoms with van der Waals surface area (Å²) in [5.41, 5.74) is 8.17. The predicted octanol–water partition coefficient (Wildman–Crippen LogP) is 10.6. The first kappa shape index (κ1) is 29.2. The van der Waals surface area contributed by atoms with Gasteiger partial charge in [-0.15, -0.1) is 0 Å². The number of nitrogens with zero attached hydrogens (tertiary/aromatic N) is 6. The van der Waals surface area contributed by atoms with Gasteiger partial charge in [-0.3, -0.25) is 0 Å². The van der Waals surface area contributed by atoms with Gasteiger partial charge in [-0.05, 0) is 54.6 Å². The molecule has 7 heteroatoms. The molecule has 0 N–H and O–H groups in total. The Hall–Kier alpha value is -6.99. The van der Waals surface area contributed by atoms with E-state index in [0.717, 1.165) is 62.2 Å². The maximum atomic E-state index is 6.23. The molecule has 1 aliphatic heterocycles. The number of hydrogen-bond donors (Lipinski definition) is 0. The molecule has 0 unspecified atom stereocenters. The molecule has 0 radical (unpaired) electrons. The smallest absolute Gasteiger partial charge is 0.201 e. The molecule has 1 aliphatic rings. The number of aromatic nitrogens is 5. The summed E-state index contributed by atoms with van der Waals surface area (Å²) in [5.74, 6) is 3.49. The van der Waals surface area contributed by atoms with Crippen molar-refractivity contribution < 1.29 is 4.74 Å². The Balaban J connectivity index is 1.18. The van der Waals surface area contributed by atoms with Gasteiger partial charge in [-0.1, -0.05) is 115 Å². The van der Waals surface area contributed by atoms with Gasteiger partial charge in [0.05, 0.1) is 22.8 Å². The molecule has 2 aromatic heterocycles. The second-order valence-electron chi connectivity index (χ2n) is 11.8. The van der Waals surface area contributed by atoms with Gasteiger partial charge in [-0.2, -0.15) is 0 Å². The van der Waals surface area contributed by atoms with Crippen LogP contribution in [0.4, 0.5) is 17.1 Å². The minimum atomic E-state index is 0.393. The normalized spacial score (nSPS) is 11.7. The standard InChI is InChI=1S/C43H28N6O/c1-4-14-29(15-5-1)34-28-35(30-16-6-2-7-17-30)45-42(44-34)43-47-40(31-18-8-3-9-19-31)46-41(48-43)32-24-26-33(27-25-32)49-36-20-10-12-22-38(36)50-39-23-13-11-21-37(39)49/h1-28H. The first-order valence-electron chi connectivity index (χ1n) is 16.4. The Morgan fingerprint density at radius 2 is 0.740 bits per heavy atom. The summed E-state index contributed by atoms with van der Waals surface area (Å²) >= 11 is 0. The van der Waals surface area contributed by atoms with E-state index in [0.29, 0.717) is 23.3 Å². The minimum Gasteiger partial charge on any atom is -0.453 e. The lowest BCUT2D eigenvalue weighted by Crippen LogP contribution is -2.15. The first-order valence-corrected chi connectivity index (χ1v) is 16.4. The number of rotatable bonds is 6. The summed E-state index contributed by atoms with van der Waals surface area (Å²) < 4.78 is 6.23. The van der Waals surface area contributed by atoms with Gasteiger partial charge in [0.1, 0.15) is 0 Å². The van der Waals surface area contributed by atoms with Gasteiger partial charge in [-0.25, -0.2) is 24.9 Å². The third-order valence-corrected chi connectivity index (χ3v) is 8.55. The van der Waals surface area contributed by atoms with Crippen molar-refractivity contribution >= 4 is 17.1 Å². The highest BCUT2D eigenvalue weighted by atomic mass is 16.5. The summed E-state index contributed by atoms with van der Waals surface area (Å²) in [4.78, 5) is 27.1. The van der Waals surface area contributed by atoms with Crippen LogP contribution in [0.3, 0.4) is 0 Å². The SMILES string of the molecule is c1ccc(-c2cc(-c3ccccc3)nc(-c3nc(-c4ccccc4)nc(-c4ccc(N5c6ccccc6Oc6ccccc65)cc4)n3)n2)cc1. The molecule has 0 aliphatic carbocycles. The molecule has 9 rings (SSSR count). The lowest BCUT2D eigenvalue weighted by molar-refractivity contribution is 0.477. The van der Waals surface area contributed by atoms with Crippen molar-refractivity contribution in [1.29, 1.82) is 0 Å². The molecule has 0 saturated carbocycles. The van der Waals surface area contributed by atoms with Gasteiger partial charge in [0.25, 0.3) is 0 Å². The third-order valence-electron chi connectivity index (χ3n) is 8.55. The molecule has 6 aromatic carbocycles. The minimum absolute atomic E-state index is 0.393. The second kappa shape index (κ2) is 12.6. The van der Waals surface area contributed by atoms with Crippen molar-refractivity contribution in [3.63, 3.8) is 0 Å². The van der Waals surface area contributed by atoms with E-state index < -0.39 is 0 Å². The first-order chi connectivity index (χ1) is 24.8. The molecule has 0 atom stereocenters. The average Bonchev–Trinajstić information content (AvgIpc) is 3.20. The van der Waals surface area contributed by atoms with E-state index in [9.17, 15) is 0 Å². The predicted molar refractivity (Wildman–Crippen MR) is 197 cm³/mol. The molecule has 50 heavy (non-hydrogen) atoms. The van der Waals surface area contributed by atoms with Gasteiger partial charge in [0.2, 0.25) is 5.82 Å².